The predicted molar refractivity (Wildman–Crippen MR) is 126 cm³/mol. The molecule has 2 aromatic carbocycles. The summed E-state index contributed by atoms with van der Waals surface area (Å²) < 4.78 is 17.6. The summed E-state index contributed by atoms with van der Waals surface area (Å²) in [6.45, 7) is 13.2. The van der Waals surface area contributed by atoms with Gasteiger partial charge in [-0.25, -0.2) is 0 Å². The molecule has 3 N–H and O–H groups in total. The van der Waals surface area contributed by atoms with Gasteiger partial charge in [0.2, 0.25) is 5.43 Å². The van der Waals surface area contributed by atoms with Crippen molar-refractivity contribution in [3.05, 3.63) is 69.4 Å². The molecule has 0 radical (unpaired) electrons. The fourth-order valence-corrected chi connectivity index (χ4v) is 4.52. The van der Waals surface area contributed by atoms with Gasteiger partial charge in [-0.3, -0.25) is 4.79 Å². The molecule has 1 aromatic heterocycles. The maximum atomic E-state index is 13.8. The molecule has 1 aliphatic rings. The van der Waals surface area contributed by atoms with Crippen LogP contribution in [0.25, 0.3) is 21.9 Å². The average molecular weight is 453 g/mol. The second-order valence-corrected chi connectivity index (χ2v) is 8.77. The molecule has 174 valence electrons. The van der Waals surface area contributed by atoms with Gasteiger partial charge in [0.15, 0.2) is 0 Å². The minimum atomic E-state index is -1.06. The van der Waals surface area contributed by atoms with Crippen molar-refractivity contribution >= 4 is 21.9 Å². The van der Waals surface area contributed by atoms with Crippen molar-refractivity contribution in [2.24, 2.45) is 5.92 Å². The van der Waals surface area contributed by atoms with Crippen LogP contribution in [0.2, 0.25) is 0 Å². The van der Waals surface area contributed by atoms with Gasteiger partial charge in [-0.1, -0.05) is 18.7 Å². The summed E-state index contributed by atoms with van der Waals surface area (Å²) in [5.74, 6) is -0.232. The Bertz CT molecular complexity index is 1350. The molecule has 0 bridgehead atoms. The SMILES string of the molecule is C=C(C)C(O)C(OC)c1ccc(O)c2c(=O)c3c4c(c(C)cc3oc12)OCC(C(=C)C)C4O. The van der Waals surface area contributed by atoms with Gasteiger partial charge in [-0.2, -0.15) is 0 Å². The van der Waals surface area contributed by atoms with Gasteiger partial charge in [0, 0.05) is 24.2 Å². The highest BCUT2D eigenvalue weighted by Crippen LogP contribution is 2.45. The van der Waals surface area contributed by atoms with Crippen LogP contribution in [-0.2, 0) is 4.74 Å². The smallest absolute Gasteiger partial charge is 0.204 e. The number of fused-ring (bicyclic) bond motifs is 4. The number of hydrogen-bond donors (Lipinski definition) is 3. The summed E-state index contributed by atoms with van der Waals surface area (Å²) in [6, 6.07) is 4.59. The number of aliphatic hydroxyl groups is 2. The number of aromatic hydroxyl groups is 1. The Morgan fingerprint density at radius 1 is 1.24 bits per heavy atom. The van der Waals surface area contributed by atoms with Crippen molar-refractivity contribution in [2.45, 2.75) is 39.1 Å². The molecule has 0 amide bonds. The molecule has 2 heterocycles. The molecule has 4 atom stereocenters. The Kier molecular flexibility index (Phi) is 5.82. The molecule has 33 heavy (non-hydrogen) atoms. The number of phenols is 1. The molecule has 3 aromatic rings. The highest BCUT2D eigenvalue weighted by Gasteiger charge is 2.35. The van der Waals surface area contributed by atoms with E-state index in [4.69, 9.17) is 13.9 Å². The highest BCUT2D eigenvalue weighted by molar-refractivity contribution is 5.97. The number of aliphatic hydroxyl groups excluding tert-OH is 2. The van der Waals surface area contributed by atoms with Gasteiger partial charge >= 0.3 is 0 Å². The second-order valence-electron chi connectivity index (χ2n) is 8.77. The molecule has 7 nitrogen and oxygen atoms in total. The summed E-state index contributed by atoms with van der Waals surface area (Å²) in [5, 5.41) is 32.4. The van der Waals surface area contributed by atoms with Crippen LogP contribution >= 0.6 is 0 Å². The van der Waals surface area contributed by atoms with Crippen LogP contribution in [0.15, 0.2) is 51.7 Å². The van der Waals surface area contributed by atoms with Crippen LogP contribution in [-0.4, -0.2) is 35.1 Å². The van der Waals surface area contributed by atoms with Gasteiger partial charge < -0.3 is 29.2 Å². The number of phenolic OH excluding ortho intramolecular Hbond substituents is 1. The quantitative estimate of drug-likeness (QED) is 0.393. The molecule has 0 aliphatic carbocycles. The van der Waals surface area contributed by atoms with Crippen molar-refractivity contribution in [1.29, 1.82) is 0 Å². The standard InChI is InChI=1S/C26H28O7/c1-11(2)15-10-32-24-13(5)9-17-19(20(24)22(15)29)23(30)18-16(27)8-7-14(25(18)33-17)26(31-6)21(28)12(3)4/h7-9,15,21-22,26-29H,1,3,10H2,2,4-6H3. The minimum absolute atomic E-state index is 0.0633. The van der Waals surface area contributed by atoms with E-state index in [0.29, 0.717) is 28.0 Å². The Hall–Kier alpha value is -3.13. The third-order valence-electron chi connectivity index (χ3n) is 6.37. The lowest BCUT2D eigenvalue weighted by Gasteiger charge is -2.32. The topological polar surface area (TPSA) is 109 Å². The van der Waals surface area contributed by atoms with E-state index in [9.17, 15) is 20.1 Å². The molecule has 4 unspecified atom stereocenters. The van der Waals surface area contributed by atoms with Crippen molar-refractivity contribution in [3.63, 3.8) is 0 Å². The number of rotatable bonds is 5. The minimum Gasteiger partial charge on any atom is -0.507 e. The van der Waals surface area contributed by atoms with E-state index >= 15 is 0 Å². The van der Waals surface area contributed by atoms with Gasteiger partial charge in [0.1, 0.15) is 40.3 Å². The van der Waals surface area contributed by atoms with E-state index in [1.54, 1.807) is 26.0 Å². The summed E-state index contributed by atoms with van der Waals surface area (Å²) in [5.41, 5.74) is 2.46. The maximum absolute atomic E-state index is 13.8. The first-order chi connectivity index (χ1) is 15.6. The molecule has 0 saturated heterocycles. The lowest BCUT2D eigenvalue weighted by molar-refractivity contribution is 0.00589. The van der Waals surface area contributed by atoms with Gasteiger partial charge in [0.05, 0.1) is 18.1 Å². The van der Waals surface area contributed by atoms with E-state index in [0.717, 1.165) is 5.57 Å². The van der Waals surface area contributed by atoms with E-state index in [-0.39, 0.29) is 40.2 Å². The fourth-order valence-electron chi connectivity index (χ4n) is 4.52. The number of ether oxygens (including phenoxy) is 2. The molecule has 7 heteroatoms. The normalized spacial score (nSPS) is 19.7. The number of benzene rings is 2. The van der Waals surface area contributed by atoms with Gasteiger partial charge in [0.25, 0.3) is 0 Å². The van der Waals surface area contributed by atoms with E-state index in [2.05, 4.69) is 13.2 Å². The zero-order valence-electron chi connectivity index (χ0n) is 19.1. The zero-order valence-corrected chi connectivity index (χ0v) is 19.1. The fraction of sp³-hybridized carbons (Fsp3) is 0.346. The van der Waals surface area contributed by atoms with Crippen LogP contribution in [0.5, 0.6) is 11.5 Å². The van der Waals surface area contributed by atoms with E-state index in [1.807, 2.05) is 6.92 Å². The first-order valence-corrected chi connectivity index (χ1v) is 10.7. The van der Waals surface area contributed by atoms with Gasteiger partial charge in [-0.15, -0.1) is 0 Å². The van der Waals surface area contributed by atoms with Crippen molar-refractivity contribution in [2.75, 3.05) is 13.7 Å². The lowest BCUT2D eigenvalue weighted by Crippen LogP contribution is -2.28. The number of aryl methyl sites for hydroxylation is 1. The largest absolute Gasteiger partial charge is 0.507 e. The molecule has 4 rings (SSSR count). The first-order valence-electron chi connectivity index (χ1n) is 10.7. The number of methoxy groups -OCH3 is 1. The molecular formula is C26H28O7. The molecule has 1 aliphatic heterocycles. The average Bonchev–Trinajstić information content (AvgIpc) is 2.75. The molecule has 0 spiro atoms. The zero-order chi connectivity index (χ0) is 24.2. The third-order valence-corrected chi connectivity index (χ3v) is 6.37. The lowest BCUT2D eigenvalue weighted by atomic mass is 9.85. The Balaban J connectivity index is 2.11. The van der Waals surface area contributed by atoms with Crippen LogP contribution < -0.4 is 10.2 Å². The Morgan fingerprint density at radius 3 is 2.55 bits per heavy atom. The van der Waals surface area contributed by atoms with E-state index in [1.165, 1.54) is 13.2 Å². The van der Waals surface area contributed by atoms with Crippen molar-refractivity contribution < 1.29 is 29.2 Å². The Morgan fingerprint density at radius 2 is 1.94 bits per heavy atom. The third kappa shape index (κ3) is 3.53. The molecule has 0 saturated carbocycles. The first kappa shape index (κ1) is 23.0. The molecule has 0 fully saturated rings. The van der Waals surface area contributed by atoms with Crippen LogP contribution in [0.4, 0.5) is 0 Å². The summed E-state index contributed by atoms with van der Waals surface area (Å²) in [4.78, 5) is 13.8. The van der Waals surface area contributed by atoms with Crippen molar-refractivity contribution in [3.8, 4) is 11.5 Å². The van der Waals surface area contributed by atoms with Crippen LogP contribution in [0.1, 0.15) is 42.7 Å². The monoisotopic (exact) mass is 452 g/mol. The van der Waals surface area contributed by atoms with Crippen LogP contribution in [0.3, 0.4) is 0 Å². The van der Waals surface area contributed by atoms with Crippen molar-refractivity contribution in [1.82, 2.24) is 0 Å². The summed E-state index contributed by atoms with van der Waals surface area (Å²) in [7, 11) is 1.43. The molecular weight excluding hydrogens is 424 g/mol. The maximum Gasteiger partial charge on any atom is 0.204 e. The Labute approximate surface area is 191 Å². The highest BCUT2D eigenvalue weighted by atomic mass is 16.5. The second kappa shape index (κ2) is 8.33. The summed E-state index contributed by atoms with van der Waals surface area (Å²) >= 11 is 0. The number of hydrogen-bond acceptors (Lipinski definition) is 7. The summed E-state index contributed by atoms with van der Waals surface area (Å²) in [6.07, 6.45) is -2.94. The van der Waals surface area contributed by atoms with Crippen LogP contribution in [0, 0.1) is 12.8 Å². The predicted octanol–water partition coefficient (Wildman–Crippen LogP) is 4.20. The van der Waals surface area contributed by atoms with E-state index < -0.39 is 23.7 Å². The van der Waals surface area contributed by atoms with Gasteiger partial charge in [-0.05, 0) is 50.1 Å².